The molecule has 1 aliphatic heterocycles. The van der Waals surface area contributed by atoms with Gasteiger partial charge in [0.05, 0.1) is 0 Å². The molecule has 1 N–H and O–H groups in total. The zero-order valence-corrected chi connectivity index (χ0v) is 12.9. The van der Waals surface area contributed by atoms with Gasteiger partial charge in [0, 0.05) is 18.3 Å². The number of amides is 2. The van der Waals surface area contributed by atoms with Crippen LogP contribution < -0.4 is 5.32 Å². The standard InChI is InChI=1S/C17H26N2O/c1-4-14-10-8-9-13(3)16(14)18-17(20)19-12-7-6-11-15(19)5-2/h8-10,15H,4-7,11-12H2,1-3H3,(H,18,20). The van der Waals surface area contributed by atoms with Crippen LogP contribution >= 0.6 is 0 Å². The molecule has 3 nitrogen and oxygen atoms in total. The first-order valence-corrected chi connectivity index (χ1v) is 7.83. The van der Waals surface area contributed by atoms with E-state index in [4.69, 9.17) is 0 Å². The van der Waals surface area contributed by atoms with Gasteiger partial charge >= 0.3 is 6.03 Å². The van der Waals surface area contributed by atoms with E-state index in [1.165, 1.54) is 12.0 Å². The summed E-state index contributed by atoms with van der Waals surface area (Å²) in [7, 11) is 0. The van der Waals surface area contributed by atoms with Crippen LogP contribution in [0.15, 0.2) is 18.2 Å². The lowest BCUT2D eigenvalue weighted by molar-refractivity contribution is 0.160. The fourth-order valence-corrected chi connectivity index (χ4v) is 3.07. The summed E-state index contributed by atoms with van der Waals surface area (Å²) in [6.45, 7) is 7.24. The number of benzene rings is 1. The van der Waals surface area contributed by atoms with Crippen LogP contribution in [-0.2, 0) is 6.42 Å². The number of rotatable bonds is 3. The molecule has 1 fully saturated rings. The summed E-state index contributed by atoms with van der Waals surface area (Å²) in [5.41, 5.74) is 3.35. The van der Waals surface area contributed by atoms with Crippen molar-refractivity contribution < 1.29 is 4.79 Å². The van der Waals surface area contributed by atoms with Crippen molar-refractivity contribution in [1.29, 1.82) is 0 Å². The Balaban J connectivity index is 2.15. The average molecular weight is 274 g/mol. The van der Waals surface area contributed by atoms with E-state index in [9.17, 15) is 4.79 Å². The van der Waals surface area contributed by atoms with Crippen LogP contribution in [0.2, 0.25) is 0 Å². The molecule has 0 aliphatic carbocycles. The molecule has 1 aromatic carbocycles. The van der Waals surface area contributed by atoms with Gasteiger partial charge in [0.15, 0.2) is 0 Å². The predicted molar refractivity (Wildman–Crippen MR) is 84.2 cm³/mol. The molecule has 1 aliphatic rings. The van der Waals surface area contributed by atoms with Gasteiger partial charge in [-0.1, -0.05) is 32.0 Å². The highest BCUT2D eigenvalue weighted by Gasteiger charge is 2.25. The molecule has 1 aromatic rings. The number of hydrogen-bond donors (Lipinski definition) is 1. The molecular weight excluding hydrogens is 248 g/mol. The Hall–Kier alpha value is -1.51. The minimum Gasteiger partial charge on any atom is -0.322 e. The molecule has 0 saturated carbocycles. The summed E-state index contributed by atoms with van der Waals surface area (Å²) >= 11 is 0. The number of carbonyl (C=O) groups is 1. The first-order valence-electron chi connectivity index (χ1n) is 7.83. The first-order chi connectivity index (χ1) is 9.67. The Kier molecular flexibility index (Phi) is 5.05. The maximum absolute atomic E-state index is 12.6. The normalized spacial score (nSPS) is 18.9. The number of aryl methyl sites for hydroxylation is 2. The quantitative estimate of drug-likeness (QED) is 0.873. The van der Waals surface area contributed by atoms with Crippen LogP contribution in [0.1, 0.15) is 50.7 Å². The van der Waals surface area contributed by atoms with Crippen LogP contribution in [0.5, 0.6) is 0 Å². The van der Waals surface area contributed by atoms with E-state index in [0.29, 0.717) is 6.04 Å². The molecule has 1 unspecified atom stereocenters. The Morgan fingerprint density at radius 1 is 1.35 bits per heavy atom. The maximum atomic E-state index is 12.6. The predicted octanol–water partition coefficient (Wildman–Crippen LogP) is 4.35. The number of urea groups is 1. The smallest absolute Gasteiger partial charge is 0.322 e. The second kappa shape index (κ2) is 6.78. The van der Waals surface area contributed by atoms with Crippen molar-refractivity contribution in [3.63, 3.8) is 0 Å². The Morgan fingerprint density at radius 2 is 2.15 bits per heavy atom. The van der Waals surface area contributed by atoms with Crippen molar-refractivity contribution in [2.24, 2.45) is 0 Å². The van der Waals surface area contributed by atoms with E-state index >= 15 is 0 Å². The molecule has 0 spiro atoms. The van der Waals surface area contributed by atoms with Gasteiger partial charge in [-0.25, -0.2) is 4.79 Å². The van der Waals surface area contributed by atoms with Crippen LogP contribution in [0.3, 0.4) is 0 Å². The second-order valence-electron chi connectivity index (χ2n) is 5.64. The SMILES string of the molecule is CCc1cccc(C)c1NC(=O)N1CCCCC1CC. The third-order valence-electron chi connectivity index (χ3n) is 4.33. The molecule has 110 valence electrons. The summed E-state index contributed by atoms with van der Waals surface area (Å²) in [5, 5.41) is 3.15. The highest BCUT2D eigenvalue weighted by molar-refractivity contribution is 5.91. The molecule has 0 radical (unpaired) electrons. The number of nitrogens with zero attached hydrogens (tertiary/aromatic N) is 1. The van der Waals surface area contributed by atoms with Crippen molar-refractivity contribution in [1.82, 2.24) is 4.90 Å². The fourth-order valence-electron chi connectivity index (χ4n) is 3.07. The van der Waals surface area contributed by atoms with Crippen molar-refractivity contribution in [2.45, 2.75) is 58.9 Å². The van der Waals surface area contributed by atoms with E-state index in [0.717, 1.165) is 43.5 Å². The number of para-hydroxylation sites is 1. The maximum Gasteiger partial charge on any atom is 0.322 e. The lowest BCUT2D eigenvalue weighted by Gasteiger charge is -2.35. The van der Waals surface area contributed by atoms with Gasteiger partial charge in [-0.2, -0.15) is 0 Å². The second-order valence-corrected chi connectivity index (χ2v) is 5.64. The van der Waals surface area contributed by atoms with Crippen molar-refractivity contribution >= 4 is 11.7 Å². The molecule has 0 bridgehead atoms. The molecule has 3 heteroatoms. The van der Waals surface area contributed by atoms with Crippen molar-refractivity contribution in [3.8, 4) is 0 Å². The average Bonchev–Trinajstić information content (AvgIpc) is 2.49. The summed E-state index contributed by atoms with van der Waals surface area (Å²) in [5.74, 6) is 0. The third-order valence-corrected chi connectivity index (χ3v) is 4.33. The van der Waals surface area contributed by atoms with E-state index in [-0.39, 0.29) is 6.03 Å². The van der Waals surface area contributed by atoms with Gasteiger partial charge in [-0.05, 0) is 50.2 Å². The number of hydrogen-bond acceptors (Lipinski definition) is 1. The molecule has 20 heavy (non-hydrogen) atoms. The van der Waals surface area contributed by atoms with Crippen LogP contribution in [0.25, 0.3) is 0 Å². The zero-order chi connectivity index (χ0) is 14.5. The minimum absolute atomic E-state index is 0.0700. The fraction of sp³-hybridized carbons (Fsp3) is 0.588. The Bertz CT molecular complexity index is 470. The number of likely N-dealkylation sites (tertiary alicyclic amines) is 1. The summed E-state index contributed by atoms with van der Waals surface area (Å²) in [4.78, 5) is 14.6. The van der Waals surface area contributed by atoms with E-state index in [1.807, 2.05) is 4.90 Å². The summed E-state index contributed by atoms with van der Waals surface area (Å²) < 4.78 is 0. The third kappa shape index (κ3) is 3.14. The largest absolute Gasteiger partial charge is 0.322 e. The first kappa shape index (κ1) is 14.9. The molecule has 0 aromatic heterocycles. The van der Waals surface area contributed by atoms with Crippen molar-refractivity contribution in [3.05, 3.63) is 29.3 Å². The molecule has 1 saturated heterocycles. The lowest BCUT2D eigenvalue weighted by Crippen LogP contribution is -2.45. The van der Waals surface area contributed by atoms with Gasteiger partial charge < -0.3 is 10.2 Å². The van der Waals surface area contributed by atoms with E-state index in [2.05, 4.69) is 44.3 Å². The van der Waals surface area contributed by atoms with Crippen LogP contribution in [0.4, 0.5) is 10.5 Å². The zero-order valence-electron chi connectivity index (χ0n) is 12.9. The minimum atomic E-state index is 0.0700. The Morgan fingerprint density at radius 3 is 2.85 bits per heavy atom. The molecule has 2 rings (SSSR count). The number of nitrogens with one attached hydrogen (secondary N) is 1. The molecule has 1 heterocycles. The topological polar surface area (TPSA) is 32.3 Å². The van der Waals surface area contributed by atoms with Gasteiger partial charge in [-0.15, -0.1) is 0 Å². The highest BCUT2D eigenvalue weighted by Crippen LogP contribution is 2.24. The van der Waals surface area contributed by atoms with Gasteiger partial charge in [0.1, 0.15) is 0 Å². The van der Waals surface area contributed by atoms with Gasteiger partial charge in [0.25, 0.3) is 0 Å². The molecule has 1 atom stereocenters. The van der Waals surface area contributed by atoms with E-state index in [1.54, 1.807) is 0 Å². The number of anilines is 1. The molecular formula is C17H26N2O. The Labute approximate surface area is 122 Å². The lowest BCUT2D eigenvalue weighted by atomic mass is 10.0. The van der Waals surface area contributed by atoms with Crippen molar-refractivity contribution in [2.75, 3.05) is 11.9 Å². The number of piperidine rings is 1. The van der Waals surface area contributed by atoms with Gasteiger partial charge in [-0.3, -0.25) is 0 Å². The van der Waals surface area contributed by atoms with Crippen LogP contribution in [-0.4, -0.2) is 23.5 Å². The summed E-state index contributed by atoms with van der Waals surface area (Å²) in [6, 6.07) is 6.68. The van der Waals surface area contributed by atoms with Gasteiger partial charge in [0.2, 0.25) is 0 Å². The summed E-state index contributed by atoms with van der Waals surface area (Å²) in [6.07, 6.45) is 5.49. The van der Waals surface area contributed by atoms with Crippen LogP contribution in [0, 0.1) is 6.92 Å². The monoisotopic (exact) mass is 274 g/mol. The van der Waals surface area contributed by atoms with E-state index < -0.39 is 0 Å². The number of carbonyl (C=O) groups excluding carboxylic acids is 1. The molecule has 2 amide bonds. The highest BCUT2D eigenvalue weighted by atomic mass is 16.2.